The van der Waals surface area contributed by atoms with E-state index < -0.39 is 26.6 Å². The van der Waals surface area contributed by atoms with E-state index in [9.17, 15) is 22.0 Å². The second-order valence-corrected chi connectivity index (χ2v) is 9.58. The second-order valence-electron chi connectivity index (χ2n) is 7.67. The second kappa shape index (κ2) is 8.86. The highest BCUT2D eigenvalue weighted by atomic mass is 32.2. The molecule has 1 saturated carbocycles. The van der Waals surface area contributed by atoms with Crippen molar-refractivity contribution in [2.24, 2.45) is 5.92 Å². The summed E-state index contributed by atoms with van der Waals surface area (Å²) in [4.78, 5) is 14.3. The highest BCUT2D eigenvalue weighted by Gasteiger charge is 2.36. The topological polar surface area (TPSA) is 57.7 Å². The molecule has 1 heterocycles. The molecule has 0 radical (unpaired) electrons. The van der Waals surface area contributed by atoms with Gasteiger partial charge in [-0.1, -0.05) is 19.3 Å². The van der Waals surface area contributed by atoms with Gasteiger partial charge in [0.1, 0.15) is 16.5 Å². The monoisotopic (exact) mass is 414 g/mol. The van der Waals surface area contributed by atoms with Gasteiger partial charge >= 0.3 is 0 Å². The Hall–Kier alpha value is -1.54. The van der Waals surface area contributed by atoms with Crippen LogP contribution in [0.5, 0.6) is 0 Å². The van der Waals surface area contributed by atoms with Crippen molar-refractivity contribution in [3.05, 3.63) is 29.8 Å². The smallest absolute Gasteiger partial charge is 0.246 e. The number of rotatable bonds is 5. The average Bonchev–Trinajstić information content (AvgIpc) is 2.71. The number of piperidine rings is 1. The molecule has 156 valence electrons. The Morgan fingerprint density at radius 2 is 1.75 bits per heavy atom. The quantitative estimate of drug-likeness (QED) is 0.740. The summed E-state index contributed by atoms with van der Waals surface area (Å²) in [5, 5.41) is 0. The number of amides is 1. The molecule has 8 heteroatoms. The van der Waals surface area contributed by atoms with Crippen LogP contribution < -0.4 is 0 Å². The number of benzene rings is 1. The van der Waals surface area contributed by atoms with Crippen LogP contribution in [0.25, 0.3) is 0 Å². The lowest BCUT2D eigenvalue weighted by Gasteiger charge is -2.38. The van der Waals surface area contributed by atoms with Crippen LogP contribution in [-0.4, -0.2) is 49.2 Å². The Bertz CT molecular complexity index is 802. The fourth-order valence-electron chi connectivity index (χ4n) is 4.38. The molecule has 0 aromatic heterocycles. The molecular weight excluding hydrogens is 386 g/mol. The van der Waals surface area contributed by atoms with Crippen molar-refractivity contribution < 1.29 is 22.0 Å². The Morgan fingerprint density at radius 1 is 1.11 bits per heavy atom. The molecule has 0 unspecified atom stereocenters. The minimum atomic E-state index is -4.12. The highest BCUT2D eigenvalue weighted by Crippen LogP contribution is 2.29. The van der Waals surface area contributed by atoms with Crippen molar-refractivity contribution in [3.8, 4) is 0 Å². The van der Waals surface area contributed by atoms with Gasteiger partial charge in [0.15, 0.2) is 0 Å². The average molecular weight is 415 g/mol. The molecule has 3 rings (SSSR count). The maximum absolute atomic E-state index is 13.9. The fourth-order valence-corrected chi connectivity index (χ4v) is 5.92. The van der Waals surface area contributed by atoms with Crippen LogP contribution in [0.15, 0.2) is 23.1 Å². The molecule has 1 saturated heterocycles. The molecule has 1 aromatic carbocycles. The first kappa shape index (κ1) is 21.2. The number of carbonyl (C=O) groups is 1. The molecule has 1 amide bonds. The summed E-state index contributed by atoms with van der Waals surface area (Å²) < 4.78 is 53.9. The van der Waals surface area contributed by atoms with Crippen molar-refractivity contribution in [2.75, 3.05) is 19.6 Å². The summed E-state index contributed by atoms with van der Waals surface area (Å²) in [5.41, 5.74) is 0. The van der Waals surface area contributed by atoms with Gasteiger partial charge in [0.05, 0.1) is 0 Å². The van der Waals surface area contributed by atoms with Gasteiger partial charge in [0.2, 0.25) is 15.9 Å². The molecular formula is C20H28F2N2O3S. The van der Waals surface area contributed by atoms with Crippen LogP contribution >= 0.6 is 0 Å². The minimum absolute atomic E-state index is 0.100. The van der Waals surface area contributed by atoms with E-state index >= 15 is 0 Å². The van der Waals surface area contributed by atoms with Crippen molar-refractivity contribution in [2.45, 2.75) is 62.8 Å². The fraction of sp³-hybridized carbons (Fsp3) is 0.650. The molecule has 5 nitrogen and oxygen atoms in total. The Balaban J connectivity index is 1.66. The van der Waals surface area contributed by atoms with Gasteiger partial charge in [-0.05, 0) is 50.8 Å². The van der Waals surface area contributed by atoms with Crippen LogP contribution in [-0.2, 0) is 14.8 Å². The molecule has 1 aromatic rings. The normalized spacial score (nSPS) is 20.2. The maximum atomic E-state index is 13.9. The van der Waals surface area contributed by atoms with Crippen LogP contribution in [0.3, 0.4) is 0 Å². The van der Waals surface area contributed by atoms with Gasteiger partial charge in [-0.25, -0.2) is 17.2 Å². The number of hydrogen-bond donors (Lipinski definition) is 0. The first-order valence-corrected chi connectivity index (χ1v) is 11.5. The summed E-state index contributed by atoms with van der Waals surface area (Å²) in [6.45, 7) is 2.92. The van der Waals surface area contributed by atoms with Crippen LogP contribution in [0.4, 0.5) is 8.78 Å². The third kappa shape index (κ3) is 4.38. The van der Waals surface area contributed by atoms with E-state index in [1.165, 1.54) is 6.42 Å². The van der Waals surface area contributed by atoms with E-state index in [1.807, 2.05) is 11.8 Å². The first-order valence-electron chi connectivity index (χ1n) is 10.1. The minimum Gasteiger partial charge on any atom is -0.340 e. The predicted molar refractivity (Wildman–Crippen MR) is 102 cm³/mol. The third-order valence-electron chi connectivity index (χ3n) is 5.95. The lowest BCUT2D eigenvalue weighted by atomic mass is 9.91. The van der Waals surface area contributed by atoms with Crippen molar-refractivity contribution in [1.29, 1.82) is 0 Å². The SMILES string of the molecule is CCN(C(=O)C1CCN(S(=O)(=O)c2cc(F)ccc2F)CC1)C1CCCCC1. The summed E-state index contributed by atoms with van der Waals surface area (Å²) in [6.07, 6.45) is 6.37. The third-order valence-corrected chi connectivity index (χ3v) is 7.87. The van der Waals surface area contributed by atoms with E-state index in [2.05, 4.69) is 0 Å². The van der Waals surface area contributed by atoms with Crippen molar-refractivity contribution in [3.63, 3.8) is 0 Å². The first-order chi connectivity index (χ1) is 13.3. The maximum Gasteiger partial charge on any atom is 0.246 e. The number of sulfonamides is 1. The zero-order valence-electron chi connectivity index (χ0n) is 16.2. The van der Waals surface area contributed by atoms with Gasteiger partial charge in [0, 0.05) is 31.6 Å². The molecule has 1 aliphatic carbocycles. The molecule has 28 heavy (non-hydrogen) atoms. The molecule has 0 atom stereocenters. The molecule has 0 N–H and O–H groups in total. The standard InChI is InChI=1S/C20H28F2N2O3S/c1-2-24(17-6-4-3-5-7-17)20(25)15-10-12-23(13-11-15)28(26,27)19-14-16(21)8-9-18(19)22/h8-9,14-15,17H,2-7,10-13H2,1H3. The molecule has 1 aliphatic heterocycles. The number of hydrogen-bond acceptors (Lipinski definition) is 3. The molecule has 2 fully saturated rings. The lowest BCUT2D eigenvalue weighted by molar-refractivity contribution is -0.139. The zero-order valence-corrected chi connectivity index (χ0v) is 17.1. The van der Waals surface area contributed by atoms with E-state index in [0.717, 1.165) is 42.1 Å². The zero-order chi connectivity index (χ0) is 20.3. The van der Waals surface area contributed by atoms with E-state index in [4.69, 9.17) is 0 Å². The van der Waals surface area contributed by atoms with E-state index in [-0.39, 0.29) is 31.0 Å². The summed E-state index contributed by atoms with van der Waals surface area (Å²) >= 11 is 0. The van der Waals surface area contributed by atoms with Crippen LogP contribution in [0, 0.1) is 17.6 Å². The van der Waals surface area contributed by atoms with Gasteiger partial charge in [-0.15, -0.1) is 0 Å². The van der Waals surface area contributed by atoms with Gasteiger partial charge in [0.25, 0.3) is 0 Å². The number of carbonyl (C=O) groups excluding carboxylic acids is 1. The van der Waals surface area contributed by atoms with Gasteiger partial charge in [-0.2, -0.15) is 4.31 Å². The van der Waals surface area contributed by atoms with Crippen LogP contribution in [0.2, 0.25) is 0 Å². The van der Waals surface area contributed by atoms with Gasteiger partial charge < -0.3 is 4.90 Å². The Labute approximate surface area is 165 Å². The number of nitrogens with zero attached hydrogens (tertiary/aromatic N) is 2. The summed E-state index contributed by atoms with van der Waals surface area (Å²) in [6, 6.07) is 2.71. The summed E-state index contributed by atoms with van der Waals surface area (Å²) in [5.74, 6) is -1.88. The lowest BCUT2D eigenvalue weighted by Crippen LogP contribution is -2.48. The molecule has 0 spiro atoms. The molecule has 0 bridgehead atoms. The number of halogens is 2. The van der Waals surface area contributed by atoms with Crippen LogP contribution in [0.1, 0.15) is 51.9 Å². The van der Waals surface area contributed by atoms with Gasteiger partial charge in [-0.3, -0.25) is 4.79 Å². The highest BCUT2D eigenvalue weighted by molar-refractivity contribution is 7.89. The summed E-state index contributed by atoms with van der Waals surface area (Å²) in [7, 11) is -4.12. The Kier molecular flexibility index (Phi) is 6.70. The largest absolute Gasteiger partial charge is 0.340 e. The van der Waals surface area contributed by atoms with E-state index in [1.54, 1.807) is 0 Å². The van der Waals surface area contributed by atoms with Crippen molar-refractivity contribution in [1.82, 2.24) is 9.21 Å². The predicted octanol–water partition coefficient (Wildman–Crippen LogP) is 3.55. The molecule has 2 aliphatic rings. The van der Waals surface area contributed by atoms with Crippen molar-refractivity contribution >= 4 is 15.9 Å². The Morgan fingerprint density at radius 3 is 2.36 bits per heavy atom. The van der Waals surface area contributed by atoms with E-state index in [0.29, 0.717) is 25.5 Å².